The Labute approximate surface area is 105 Å². The Morgan fingerprint density at radius 2 is 2.17 bits per heavy atom. The van der Waals surface area contributed by atoms with Crippen molar-refractivity contribution in [2.75, 3.05) is 6.61 Å². The number of hydrogen-bond acceptors (Lipinski definition) is 2. The van der Waals surface area contributed by atoms with Gasteiger partial charge in [-0.25, -0.2) is 4.39 Å². The van der Waals surface area contributed by atoms with E-state index in [0.717, 1.165) is 10.9 Å². The summed E-state index contributed by atoms with van der Waals surface area (Å²) in [5.41, 5.74) is 0.831. The number of aromatic nitrogens is 1. The molecule has 0 aliphatic carbocycles. The molecule has 0 fully saturated rings. The minimum atomic E-state index is -0.275. The molecular weight excluding hydrogens is 233 g/mol. The first-order valence-electron chi connectivity index (χ1n) is 5.96. The summed E-state index contributed by atoms with van der Waals surface area (Å²) in [6, 6.07) is 6.29. The molecule has 1 aromatic carbocycles. The van der Waals surface area contributed by atoms with E-state index in [0.29, 0.717) is 12.5 Å². The van der Waals surface area contributed by atoms with Crippen molar-refractivity contribution in [3.05, 3.63) is 36.3 Å². The second-order valence-electron chi connectivity index (χ2n) is 4.72. The SMILES string of the molecule is CC(C)COC(=O)Cn1ccc2cc(F)ccc21. The van der Waals surface area contributed by atoms with Crippen molar-refractivity contribution in [1.29, 1.82) is 0 Å². The molecule has 0 saturated heterocycles. The average molecular weight is 249 g/mol. The van der Waals surface area contributed by atoms with Crippen molar-refractivity contribution in [2.45, 2.75) is 20.4 Å². The second-order valence-corrected chi connectivity index (χ2v) is 4.72. The van der Waals surface area contributed by atoms with Gasteiger partial charge < -0.3 is 9.30 Å². The fraction of sp³-hybridized carbons (Fsp3) is 0.357. The fourth-order valence-corrected chi connectivity index (χ4v) is 1.75. The highest BCUT2D eigenvalue weighted by molar-refractivity contribution is 5.82. The maximum absolute atomic E-state index is 13.0. The van der Waals surface area contributed by atoms with Gasteiger partial charge in [0.05, 0.1) is 6.61 Å². The van der Waals surface area contributed by atoms with E-state index in [-0.39, 0.29) is 18.3 Å². The van der Waals surface area contributed by atoms with Gasteiger partial charge in [-0.05, 0) is 30.2 Å². The first-order chi connectivity index (χ1) is 8.56. The molecule has 0 saturated carbocycles. The largest absolute Gasteiger partial charge is 0.464 e. The van der Waals surface area contributed by atoms with E-state index in [4.69, 9.17) is 4.74 Å². The van der Waals surface area contributed by atoms with Gasteiger partial charge >= 0.3 is 5.97 Å². The summed E-state index contributed by atoms with van der Waals surface area (Å²) >= 11 is 0. The van der Waals surface area contributed by atoms with Crippen LogP contribution < -0.4 is 0 Å². The van der Waals surface area contributed by atoms with E-state index in [1.807, 2.05) is 13.8 Å². The van der Waals surface area contributed by atoms with Gasteiger partial charge in [0.15, 0.2) is 0 Å². The standard InChI is InChI=1S/C14H16FNO2/c1-10(2)9-18-14(17)8-16-6-5-11-7-12(15)3-4-13(11)16/h3-7,10H,8-9H2,1-2H3. The van der Waals surface area contributed by atoms with E-state index in [1.165, 1.54) is 12.1 Å². The van der Waals surface area contributed by atoms with Crippen molar-refractivity contribution in [1.82, 2.24) is 4.57 Å². The Hall–Kier alpha value is -1.84. The van der Waals surface area contributed by atoms with Crippen LogP contribution in [0.2, 0.25) is 0 Å². The Morgan fingerprint density at radius 3 is 2.89 bits per heavy atom. The number of carbonyl (C=O) groups excluding carboxylic acids is 1. The van der Waals surface area contributed by atoms with Crippen LogP contribution in [0.1, 0.15) is 13.8 Å². The molecule has 1 heterocycles. The number of carbonyl (C=O) groups is 1. The Kier molecular flexibility index (Phi) is 3.65. The lowest BCUT2D eigenvalue weighted by atomic mass is 10.2. The lowest BCUT2D eigenvalue weighted by Gasteiger charge is -2.08. The van der Waals surface area contributed by atoms with Crippen molar-refractivity contribution >= 4 is 16.9 Å². The van der Waals surface area contributed by atoms with Gasteiger partial charge in [-0.1, -0.05) is 13.8 Å². The van der Waals surface area contributed by atoms with Crippen molar-refractivity contribution < 1.29 is 13.9 Å². The zero-order valence-corrected chi connectivity index (χ0v) is 10.5. The summed E-state index contributed by atoms with van der Waals surface area (Å²) in [5.74, 6) is -0.224. The van der Waals surface area contributed by atoms with Gasteiger partial charge in [-0.3, -0.25) is 4.79 Å². The molecule has 0 aliphatic heterocycles. The Morgan fingerprint density at radius 1 is 1.39 bits per heavy atom. The van der Waals surface area contributed by atoms with Gasteiger partial charge in [0.1, 0.15) is 12.4 Å². The highest BCUT2D eigenvalue weighted by atomic mass is 19.1. The van der Waals surface area contributed by atoms with Crippen LogP contribution in [-0.4, -0.2) is 17.1 Å². The monoisotopic (exact) mass is 249 g/mol. The normalized spacial score (nSPS) is 11.1. The zero-order chi connectivity index (χ0) is 13.1. The molecule has 18 heavy (non-hydrogen) atoms. The summed E-state index contributed by atoms with van der Waals surface area (Å²) < 4.78 is 19.9. The molecule has 4 heteroatoms. The lowest BCUT2D eigenvalue weighted by molar-refractivity contribution is -0.145. The smallest absolute Gasteiger partial charge is 0.325 e. The molecular formula is C14H16FNO2. The molecule has 0 unspecified atom stereocenters. The number of halogens is 1. The molecule has 1 aromatic heterocycles. The third kappa shape index (κ3) is 2.88. The first-order valence-corrected chi connectivity index (χ1v) is 5.96. The number of hydrogen-bond donors (Lipinski definition) is 0. The number of esters is 1. The fourth-order valence-electron chi connectivity index (χ4n) is 1.75. The molecule has 0 spiro atoms. The predicted molar refractivity (Wildman–Crippen MR) is 67.7 cm³/mol. The molecule has 0 aliphatic rings. The third-order valence-electron chi connectivity index (χ3n) is 2.61. The molecule has 96 valence electrons. The topological polar surface area (TPSA) is 31.2 Å². The van der Waals surface area contributed by atoms with Crippen LogP contribution in [0.5, 0.6) is 0 Å². The predicted octanol–water partition coefficient (Wildman–Crippen LogP) is 2.98. The average Bonchev–Trinajstić information content (AvgIpc) is 2.69. The summed E-state index contributed by atoms with van der Waals surface area (Å²) in [4.78, 5) is 11.6. The van der Waals surface area contributed by atoms with E-state index in [9.17, 15) is 9.18 Å². The number of nitrogens with zero attached hydrogens (tertiary/aromatic N) is 1. The summed E-state index contributed by atoms with van der Waals surface area (Å²) in [6.45, 7) is 4.55. The first kappa shape index (κ1) is 12.6. The molecule has 0 atom stereocenters. The minimum Gasteiger partial charge on any atom is -0.464 e. The Balaban J connectivity index is 2.10. The van der Waals surface area contributed by atoms with Crippen molar-refractivity contribution in [3.63, 3.8) is 0 Å². The van der Waals surface area contributed by atoms with Crippen LogP contribution in [0.3, 0.4) is 0 Å². The summed E-state index contributed by atoms with van der Waals surface area (Å²) in [7, 11) is 0. The van der Waals surface area contributed by atoms with Crippen LogP contribution in [-0.2, 0) is 16.1 Å². The molecule has 0 amide bonds. The van der Waals surface area contributed by atoms with Gasteiger partial charge in [0.2, 0.25) is 0 Å². The number of ether oxygens (including phenoxy) is 1. The van der Waals surface area contributed by atoms with Gasteiger partial charge in [-0.15, -0.1) is 0 Å². The Bertz CT molecular complexity index is 560. The van der Waals surface area contributed by atoms with Gasteiger partial charge in [-0.2, -0.15) is 0 Å². The van der Waals surface area contributed by atoms with Gasteiger partial charge in [0, 0.05) is 17.1 Å². The van der Waals surface area contributed by atoms with Crippen molar-refractivity contribution in [3.8, 4) is 0 Å². The third-order valence-corrected chi connectivity index (χ3v) is 2.61. The van der Waals surface area contributed by atoms with Crippen LogP contribution in [0.4, 0.5) is 4.39 Å². The zero-order valence-electron chi connectivity index (χ0n) is 10.5. The lowest BCUT2D eigenvalue weighted by Crippen LogP contribution is -2.15. The minimum absolute atomic E-state index is 0.155. The van der Waals surface area contributed by atoms with E-state index >= 15 is 0 Å². The maximum Gasteiger partial charge on any atom is 0.325 e. The van der Waals surface area contributed by atoms with Crippen LogP contribution in [0.15, 0.2) is 30.5 Å². The van der Waals surface area contributed by atoms with Crippen LogP contribution in [0, 0.1) is 11.7 Å². The summed E-state index contributed by atoms with van der Waals surface area (Å²) in [5, 5.41) is 0.784. The van der Waals surface area contributed by atoms with E-state index in [1.54, 1.807) is 22.9 Å². The number of benzene rings is 1. The highest BCUT2D eigenvalue weighted by Crippen LogP contribution is 2.17. The summed E-state index contributed by atoms with van der Waals surface area (Å²) in [6.07, 6.45) is 1.76. The molecule has 0 radical (unpaired) electrons. The maximum atomic E-state index is 13.0. The molecule has 2 rings (SSSR count). The van der Waals surface area contributed by atoms with E-state index < -0.39 is 0 Å². The second kappa shape index (κ2) is 5.21. The highest BCUT2D eigenvalue weighted by Gasteiger charge is 2.08. The quantitative estimate of drug-likeness (QED) is 0.780. The molecule has 0 N–H and O–H groups in total. The molecule has 3 nitrogen and oxygen atoms in total. The number of fused-ring (bicyclic) bond motifs is 1. The number of rotatable bonds is 4. The van der Waals surface area contributed by atoms with Crippen LogP contribution in [0.25, 0.3) is 10.9 Å². The van der Waals surface area contributed by atoms with Crippen LogP contribution >= 0.6 is 0 Å². The molecule has 0 bridgehead atoms. The van der Waals surface area contributed by atoms with Gasteiger partial charge in [0.25, 0.3) is 0 Å². The molecule has 2 aromatic rings. The van der Waals surface area contributed by atoms with Crippen molar-refractivity contribution in [2.24, 2.45) is 5.92 Å². The van der Waals surface area contributed by atoms with E-state index in [2.05, 4.69) is 0 Å².